The zero-order valence-electron chi connectivity index (χ0n) is 10.5. The van der Waals surface area contributed by atoms with Gasteiger partial charge in [0.1, 0.15) is 6.07 Å². The number of nitro groups is 1. The molecule has 0 spiro atoms. The fourth-order valence-electron chi connectivity index (χ4n) is 2.13. The molecule has 0 unspecified atom stereocenters. The lowest BCUT2D eigenvalue weighted by Crippen LogP contribution is -2.13. The molecule has 1 aromatic rings. The highest BCUT2D eigenvalue weighted by molar-refractivity contribution is 5.61. The van der Waals surface area contributed by atoms with Gasteiger partial charge in [-0.15, -0.1) is 0 Å². The van der Waals surface area contributed by atoms with Crippen LogP contribution in [0.3, 0.4) is 0 Å². The Morgan fingerprint density at radius 3 is 3.05 bits per heavy atom. The molecule has 1 N–H and O–H groups in total. The summed E-state index contributed by atoms with van der Waals surface area (Å²) >= 11 is 0. The molecule has 19 heavy (non-hydrogen) atoms. The summed E-state index contributed by atoms with van der Waals surface area (Å²) in [4.78, 5) is 10.1. The first-order valence-corrected chi connectivity index (χ1v) is 6.24. The zero-order chi connectivity index (χ0) is 13.7. The number of non-ortho nitro benzene ring substituents is 1. The van der Waals surface area contributed by atoms with Gasteiger partial charge in [-0.05, 0) is 25.3 Å². The lowest BCUT2D eigenvalue weighted by Gasteiger charge is -2.11. The number of nitriles is 1. The number of hydrogen-bond donors (Lipinski definition) is 1. The van der Waals surface area contributed by atoms with E-state index in [0.29, 0.717) is 17.8 Å². The van der Waals surface area contributed by atoms with Crippen molar-refractivity contribution in [2.75, 3.05) is 18.5 Å². The van der Waals surface area contributed by atoms with Gasteiger partial charge in [0.2, 0.25) is 0 Å². The Labute approximate surface area is 111 Å². The van der Waals surface area contributed by atoms with Crippen LogP contribution in [0.2, 0.25) is 0 Å². The smallest absolute Gasteiger partial charge is 0.270 e. The zero-order valence-corrected chi connectivity index (χ0v) is 10.5. The molecule has 2 rings (SSSR count). The molecule has 0 amide bonds. The second-order valence-electron chi connectivity index (χ2n) is 4.45. The minimum atomic E-state index is -0.503. The van der Waals surface area contributed by atoms with Crippen LogP contribution in [0.5, 0.6) is 0 Å². The summed E-state index contributed by atoms with van der Waals surface area (Å²) in [6, 6.07) is 6.23. The van der Waals surface area contributed by atoms with Crippen LogP contribution in [0.15, 0.2) is 18.2 Å². The molecule has 1 atom stereocenters. The Morgan fingerprint density at radius 1 is 1.58 bits per heavy atom. The predicted octanol–water partition coefficient (Wildman–Crippen LogP) is 2.45. The van der Waals surface area contributed by atoms with Crippen LogP contribution in [0, 0.1) is 21.4 Å². The maximum Gasteiger partial charge on any atom is 0.270 e. The van der Waals surface area contributed by atoms with Gasteiger partial charge in [0.25, 0.3) is 5.69 Å². The van der Waals surface area contributed by atoms with Crippen LogP contribution in [-0.2, 0) is 4.74 Å². The van der Waals surface area contributed by atoms with E-state index in [1.54, 1.807) is 6.07 Å². The molecule has 1 fully saturated rings. The van der Waals surface area contributed by atoms with Crippen LogP contribution >= 0.6 is 0 Å². The maximum absolute atomic E-state index is 10.6. The molecule has 0 saturated carbocycles. The predicted molar refractivity (Wildman–Crippen MR) is 69.9 cm³/mol. The van der Waals surface area contributed by atoms with Gasteiger partial charge in [-0.1, -0.05) is 0 Å². The van der Waals surface area contributed by atoms with E-state index < -0.39 is 4.92 Å². The topological polar surface area (TPSA) is 88.2 Å². The third-order valence-corrected chi connectivity index (χ3v) is 3.14. The lowest BCUT2D eigenvalue weighted by atomic mass is 10.1. The Balaban J connectivity index is 1.95. The molecule has 1 aromatic carbocycles. The summed E-state index contributed by atoms with van der Waals surface area (Å²) < 4.78 is 5.50. The maximum atomic E-state index is 10.6. The van der Waals surface area contributed by atoms with Crippen LogP contribution in [0.4, 0.5) is 11.4 Å². The number of nitrogens with one attached hydrogen (secondary N) is 1. The van der Waals surface area contributed by atoms with Gasteiger partial charge in [-0.2, -0.15) is 5.26 Å². The second kappa shape index (κ2) is 6.16. The molecule has 0 radical (unpaired) electrons. The molecule has 1 heterocycles. The van der Waals surface area contributed by atoms with Crippen LogP contribution < -0.4 is 5.32 Å². The molecule has 0 aromatic heterocycles. The number of ether oxygens (including phenoxy) is 1. The SMILES string of the molecule is N#Cc1cc([N+](=O)[O-])ccc1NCC[C@@H]1CCCO1. The van der Waals surface area contributed by atoms with E-state index in [9.17, 15) is 10.1 Å². The summed E-state index contributed by atoms with van der Waals surface area (Å²) in [5.74, 6) is 0. The number of benzene rings is 1. The molecule has 6 heteroatoms. The van der Waals surface area contributed by atoms with Gasteiger partial charge in [0, 0.05) is 25.3 Å². The van der Waals surface area contributed by atoms with Crippen molar-refractivity contribution in [3.8, 4) is 6.07 Å². The molecule has 0 bridgehead atoms. The van der Waals surface area contributed by atoms with E-state index in [-0.39, 0.29) is 11.8 Å². The summed E-state index contributed by atoms with van der Waals surface area (Å²) in [5, 5.41) is 22.8. The lowest BCUT2D eigenvalue weighted by molar-refractivity contribution is -0.384. The molecule has 6 nitrogen and oxygen atoms in total. The van der Waals surface area contributed by atoms with E-state index in [1.165, 1.54) is 12.1 Å². The van der Waals surface area contributed by atoms with Crippen LogP contribution in [-0.4, -0.2) is 24.2 Å². The minimum Gasteiger partial charge on any atom is -0.384 e. The largest absolute Gasteiger partial charge is 0.384 e. The van der Waals surface area contributed by atoms with Crippen molar-refractivity contribution >= 4 is 11.4 Å². The highest BCUT2D eigenvalue weighted by Crippen LogP contribution is 2.22. The minimum absolute atomic E-state index is 0.0683. The van der Waals surface area contributed by atoms with Crippen molar-refractivity contribution in [2.45, 2.75) is 25.4 Å². The third-order valence-electron chi connectivity index (χ3n) is 3.14. The first-order valence-electron chi connectivity index (χ1n) is 6.24. The molecule has 100 valence electrons. The van der Waals surface area contributed by atoms with Gasteiger partial charge in [0.15, 0.2) is 0 Å². The van der Waals surface area contributed by atoms with E-state index in [4.69, 9.17) is 10.00 Å². The van der Waals surface area contributed by atoms with Gasteiger partial charge >= 0.3 is 0 Å². The molecular formula is C13H15N3O3. The van der Waals surface area contributed by atoms with Gasteiger partial charge in [-0.25, -0.2) is 0 Å². The fourth-order valence-corrected chi connectivity index (χ4v) is 2.13. The van der Waals surface area contributed by atoms with Gasteiger partial charge in [-0.3, -0.25) is 10.1 Å². The molecule has 1 aliphatic heterocycles. The molecule has 0 aliphatic carbocycles. The Morgan fingerprint density at radius 2 is 2.42 bits per heavy atom. The van der Waals surface area contributed by atoms with Gasteiger partial charge < -0.3 is 10.1 Å². The Bertz CT molecular complexity index is 504. The van der Waals surface area contributed by atoms with Crippen LogP contribution in [0.1, 0.15) is 24.8 Å². The fraction of sp³-hybridized carbons (Fsp3) is 0.462. The summed E-state index contributed by atoms with van der Waals surface area (Å²) in [6.45, 7) is 1.52. The number of rotatable bonds is 5. The average molecular weight is 261 g/mol. The Hall–Kier alpha value is -2.13. The van der Waals surface area contributed by atoms with Crippen molar-refractivity contribution in [1.82, 2.24) is 0 Å². The Kier molecular flexibility index (Phi) is 4.31. The molecule has 1 aliphatic rings. The van der Waals surface area contributed by atoms with Crippen LogP contribution in [0.25, 0.3) is 0 Å². The molecular weight excluding hydrogens is 246 g/mol. The first-order chi connectivity index (χ1) is 9.20. The van der Waals surface area contributed by atoms with Crippen molar-refractivity contribution in [3.05, 3.63) is 33.9 Å². The standard InChI is InChI=1S/C13H15N3O3/c14-9-10-8-11(16(17)18)3-4-13(10)15-6-5-12-2-1-7-19-12/h3-4,8,12,15H,1-2,5-7H2/t12-/m0/s1. The number of nitro benzene ring substituents is 1. The second-order valence-corrected chi connectivity index (χ2v) is 4.45. The van der Waals surface area contributed by atoms with Crippen molar-refractivity contribution in [1.29, 1.82) is 5.26 Å². The highest BCUT2D eigenvalue weighted by Gasteiger charge is 2.15. The number of anilines is 1. The van der Waals surface area contributed by atoms with E-state index in [2.05, 4.69) is 5.32 Å². The van der Waals surface area contributed by atoms with E-state index in [0.717, 1.165) is 25.9 Å². The van der Waals surface area contributed by atoms with E-state index >= 15 is 0 Å². The van der Waals surface area contributed by atoms with Gasteiger partial charge in [0.05, 0.1) is 22.3 Å². The normalized spacial score (nSPS) is 17.9. The van der Waals surface area contributed by atoms with E-state index in [1.807, 2.05) is 6.07 Å². The van der Waals surface area contributed by atoms with Crippen molar-refractivity contribution in [2.24, 2.45) is 0 Å². The highest BCUT2D eigenvalue weighted by atomic mass is 16.6. The third kappa shape index (κ3) is 3.42. The molecule has 1 saturated heterocycles. The average Bonchev–Trinajstić information content (AvgIpc) is 2.92. The van der Waals surface area contributed by atoms with Crippen molar-refractivity contribution in [3.63, 3.8) is 0 Å². The monoisotopic (exact) mass is 261 g/mol. The van der Waals surface area contributed by atoms with Crippen molar-refractivity contribution < 1.29 is 9.66 Å². The number of hydrogen-bond acceptors (Lipinski definition) is 5. The summed E-state index contributed by atoms with van der Waals surface area (Å²) in [6.07, 6.45) is 3.34. The quantitative estimate of drug-likeness (QED) is 0.649. The summed E-state index contributed by atoms with van der Waals surface area (Å²) in [7, 11) is 0. The first kappa shape index (κ1) is 13.3. The summed E-state index contributed by atoms with van der Waals surface area (Å²) in [5.41, 5.74) is 0.855. The number of nitrogens with zero attached hydrogens (tertiary/aromatic N) is 2.